The maximum Gasteiger partial charge on any atom is 0.301 e. The number of aromatic hydroxyl groups is 1. The van der Waals surface area contributed by atoms with E-state index in [2.05, 4.69) is 21.1 Å². The molecule has 35 heavy (non-hydrogen) atoms. The molecule has 182 valence electrons. The number of benzene rings is 2. The van der Waals surface area contributed by atoms with Crippen molar-refractivity contribution in [1.82, 2.24) is 5.16 Å². The molecule has 0 unspecified atom stereocenters. The summed E-state index contributed by atoms with van der Waals surface area (Å²) in [7, 11) is 1.38. The van der Waals surface area contributed by atoms with E-state index in [1.54, 1.807) is 37.3 Å². The number of ketones is 1. The number of amides is 1. The summed E-state index contributed by atoms with van der Waals surface area (Å²) < 4.78 is 16.3. The number of halogens is 1. The van der Waals surface area contributed by atoms with Crippen molar-refractivity contribution in [2.75, 3.05) is 18.6 Å². The number of anilines is 1. The number of Topliss-reactive ketones (excluding diaryl/α,β-unsaturated/α-hetero) is 1. The number of carbonyl (C=O) groups is 2. The summed E-state index contributed by atoms with van der Waals surface area (Å²) in [4.78, 5) is 27.5. The molecule has 10 heteroatoms. The Morgan fingerprint density at radius 3 is 2.51 bits per heavy atom. The number of ether oxygens (including phenoxy) is 2. The van der Waals surface area contributed by atoms with E-state index in [9.17, 15) is 19.8 Å². The van der Waals surface area contributed by atoms with E-state index < -0.39 is 17.7 Å². The first-order valence-corrected chi connectivity index (χ1v) is 11.6. The number of phenols is 1. The lowest BCUT2D eigenvalue weighted by atomic mass is 9.95. The highest BCUT2D eigenvalue weighted by molar-refractivity contribution is 9.10. The smallest absolute Gasteiger partial charge is 0.301 e. The number of hydrogen-bond acceptors (Lipinski definition) is 8. The predicted molar refractivity (Wildman–Crippen MR) is 131 cm³/mol. The topological polar surface area (TPSA) is 122 Å². The van der Waals surface area contributed by atoms with Gasteiger partial charge in [0.15, 0.2) is 17.3 Å². The molecule has 1 aliphatic rings. The Bertz CT molecular complexity index is 1310. The number of methoxy groups -OCH3 is 1. The van der Waals surface area contributed by atoms with Crippen molar-refractivity contribution in [2.45, 2.75) is 26.3 Å². The van der Waals surface area contributed by atoms with Crippen LogP contribution in [0.4, 0.5) is 5.82 Å². The first-order valence-electron chi connectivity index (χ1n) is 10.8. The predicted octanol–water partition coefficient (Wildman–Crippen LogP) is 4.87. The fraction of sp³-hybridized carbons (Fsp3) is 0.240. The van der Waals surface area contributed by atoms with Crippen LogP contribution in [0.3, 0.4) is 0 Å². The number of rotatable bonds is 7. The van der Waals surface area contributed by atoms with Gasteiger partial charge in [-0.05, 0) is 71.2 Å². The minimum atomic E-state index is -1.07. The minimum absolute atomic E-state index is 0.111. The summed E-state index contributed by atoms with van der Waals surface area (Å²) in [6.07, 6.45) is 0.846. The van der Waals surface area contributed by atoms with Gasteiger partial charge in [-0.3, -0.25) is 14.5 Å². The van der Waals surface area contributed by atoms with Gasteiger partial charge in [0.1, 0.15) is 17.3 Å². The average Bonchev–Trinajstić information content (AvgIpc) is 3.39. The molecule has 2 aromatic carbocycles. The molecule has 1 aromatic heterocycles. The van der Waals surface area contributed by atoms with Crippen LogP contribution in [0.15, 0.2) is 57.0 Å². The Labute approximate surface area is 209 Å². The number of carbonyl (C=O) groups excluding carboxylic acids is 2. The van der Waals surface area contributed by atoms with E-state index >= 15 is 0 Å². The number of aryl methyl sites for hydroxylation is 1. The zero-order valence-corrected chi connectivity index (χ0v) is 20.8. The van der Waals surface area contributed by atoms with E-state index in [-0.39, 0.29) is 33.1 Å². The highest BCUT2D eigenvalue weighted by atomic mass is 79.9. The lowest BCUT2D eigenvalue weighted by molar-refractivity contribution is -0.132. The Morgan fingerprint density at radius 2 is 1.91 bits per heavy atom. The van der Waals surface area contributed by atoms with Gasteiger partial charge < -0.3 is 24.2 Å². The van der Waals surface area contributed by atoms with Gasteiger partial charge in [0.05, 0.1) is 29.8 Å². The van der Waals surface area contributed by atoms with Crippen LogP contribution >= 0.6 is 15.9 Å². The number of phenolic OH excluding ortho intramolecular Hbond substituents is 1. The summed E-state index contributed by atoms with van der Waals surface area (Å²) in [6.45, 7) is 4.20. The third kappa shape index (κ3) is 4.49. The molecule has 0 saturated carbocycles. The molecule has 0 spiro atoms. The Morgan fingerprint density at radius 1 is 1.20 bits per heavy atom. The van der Waals surface area contributed by atoms with E-state index in [0.717, 1.165) is 11.3 Å². The number of nitrogens with zero attached hydrogens (tertiary/aromatic N) is 2. The third-order valence-corrected chi connectivity index (χ3v) is 6.10. The van der Waals surface area contributed by atoms with Gasteiger partial charge in [0.25, 0.3) is 5.78 Å². The number of hydrogen-bond donors (Lipinski definition) is 2. The fourth-order valence-corrected chi connectivity index (χ4v) is 4.30. The van der Waals surface area contributed by atoms with Crippen LogP contribution in [0.1, 0.15) is 36.3 Å². The zero-order valence-electron chi connectivity index (χ0n) is 19.2. The van der Waals surface area contributed by atoms with Gasteiger partial charge >= 0.3 is 5.91 Å². The molecule has 0 bridgehead atoms. The highest BCUT2D eigenvalue weighted by Crippen LogP contribution is 2.45. The van der Waals surface area contributed by atoms with Crippen LogP contribution < -0.4 is 14.4 Å². The zero-order chi connectivity index (χ0) is 25.3. The van der Waals surface area contributed by atoms with E-state index in [1.165, 1.54) is 19.2 Å². The number of aromatic nitrogens is 1. The second-order valence-corrected chi connectivity index (χ2v) is 8.75. The van der Waals surface area contributed by atoms with E-state index in [4.69, 9.17) is 14.0 Å². The molecule has 1 aliphatic heterocycles. The minimum Gasteiger partial charge on any atom is -0.507 e. The van der Waals surface area contributed by atoms with E-state index in [1.807, 2.05) is 6.92 Å². The molecule has 1 amide bonds. The van der Waals surface area contributed by atoms with Crippen LogP contribution in [0, 0.1) is 6.92 Å². The normalized spacial score (nSPS) is 17.1. The highest BCUT2D eigenvalue weighted by Gasteiger charge is 2.48. The monoisotopic (exact) mass is 542 g/mol. The third-order valence-electron chi connectivity index (χ3n) is 5.49. The second-order valence-electron chi connectivity index (χ2n) is 7.89. The van der Waals surface area contributed by atoms with Crippen molar-refractivity contribution < 1.29 is 33.8 Å². The second kappa shape index (κ2) is 9.83. The average molecular weight is 543 g/mol. The number of aliphatic hydroxyl groups is 1. The molecule has 0 radical (unpaired) electrons. The lowest BCUT2D eigenvalue weighted by Gasteiger charge is -2.23. The van der Waals surface area contributed by atoms with Crippen molar-refractivity contribution in [3.05, 3.63) is 69.4 Å². The first-order chi connectivity index (χ1) is 16.8. The number of aliphatic hydroxyl groups excluding tert-OH is 1. The summed E-state index contributed by atoms with van der Waals surface area (Å²) in [5, 5.41) is 25.4. The molecule has 3 aromatic rings. The Hall–Kier alpha value is -3.79. The quantitative estimate of drug-likeness (QED) is 0.246. The molecule has 1 saturated heterocycles. The van der Waals surface area contributed by atoms with Crippen molar-refractivity contribution in [2.24, 2.45) is 0 Å². The van der Waals surface area contributed by atoms with Gasteiger partial charge in [-0.2, -0.15) is 0 Å². The lowest BCUT2D eigenvalue weighted by Crippen LogP contribution is -2.29. The largest absolute Gasteiger partial charge is 0.507 e. The SMILES string of the molecule is CCCOc1ccc(/C(O)=C2\C(=O)C(=O)N(c3cc(C)on3)[C@@H]2c2cc(Br)c(O)c(OC)c2)cc1. The van der Waals surface area contributed by atoms with E-state index in [0.29, 0.717) is 29.2 Å². The molecule has 2 N–H and O–H groups in total. The van der Waals surface area contributed by atoms with Crippen molar-refractivity contribution in [3.8, 4) is 17.2 Å². The van der Waals surface area contributed by atoms with Crippen molar-refractivity contribution in [3.63, 3.8) is 0 Å². The van der Waals surface area contributed by atoms with Gasteiger partial charge in [-0.1, -0.05) is 12.1 Å². The fourth-order valence-electron chi connectivity index (χ4n) is 3.84. The van der Waals surface area contributed by atoms with Crippen LogP contribution in [0.5, 0.6) is 17.2 Å². The standard InChI is InChI=1S/C25H23BrN2O7/c1-4-9-34-16-7-5-14(6-8-16)22(29)20-21(15-11-17(26)23(30)18(12-15)33-3)28(25(32)24(20)31)19-10-13(2)35-27-19/h5-8,10-12,21,29-30H,4,9H2,1-3H3/b22-20+/t21-/m1/s1. The maximum atomic E-state index is 13.2. The molecule has 1 fully saturated rings. The van der Waals surface area contributed by atoms with Gasteiger partial charge in [0, 0.05) is 11.6 Å². The summed E-state index contributed by atoms with van der Waals surface area (Å²) in [5.41, 5.74) is 0.589. The molecule has 0 aliphatic carbocycles. The van der Waals surface area contributed by atoms with Gasteiger partial charge in [0.2, 0.25) is 0 Å². The summed E-state index contributed by atoms with van der Waals surface area (Å²) in [6, 6.07) is 10.1. The van der Waals surface area contributed by atoms with Crippen LogP contribution in [-0.4, -0.2) is 40.8 Å². The van der Waals surface area contributed by atoms with Crippen LogP contribution in [0.2, 0.25) is 0 Å². The van der Waals surface area contributed by atoms with Gasteiger partial charge in [-0.15, -0.1) is 0 Å². The first kappa shape index (κ1) is 24.3. The molecule has 4 rings (SSSR count). The molecule has 2 heterocycles. The summed E-state index contributed by atoms with van der Waals surface area (Å²) >= 11 is 3.28. The van der Waals surface area contributed by atoms with Crippen LogP contribution in [0.25, 0.3) is 5.76 Å². The molecule has 1 atom stereocenters. The van der Waals surface area contributed by atoms with Crippen LogP contribution in [-0.2, 0) is 9.59 Å². The van der Waals surface area contributed by atoms with Gasteiger partial charge in [-0.25, -0.2) is 0 Å². The molecular formula is C25H23BrN2O7. The maximum absolute atomic E-state index is 13.2. The Balaban J connectivity index is 1.90. The Kier molecular flexibility index (Phi) is 6.83. The summed E-state index contributed by atoms with van der Waals surface area (Å²) in [5.74, 6) is -0.986. The van der Waals surface area contributed by atoms with Crippen molar-refractivity contribution >= 4 is 39.2 Å². The van der Waals surface area contributed by atoms with Crippen molar-refractivity contribution in [1.29, 1.82) is 0 Å². The molecular weight excluding hydrogens is 520 g/mol. The molecule has 9 nitrogen and oxygen atoms in total.